The number of rotatable bonds is 6. The third kappa shape index (κ3) is 5.80. The van der Waals surface area contributed by atoms with Crippen molar-refractivity contribution in [3.63, 3.8) is 0 Å². The Hall–Kier alpha value is -0.640. The van der Waals surface area contributed by atoms with Crippen LogP contribution in [0.4, 0.5) is 0 Å². The van der Waals surface area contributed by atoms with Crippen molar-refractivity contribution in [2.45, 2.75) is 53.3 Å². The highest BCUT2D eigenvalue weighted by Crippen LogP contribution is 2.22. The number of allylic oxidation sites excluding steroid dienone is 1. The van der Waals surface area contributed by atoms with Crippen molar-refractivity contribution in [2.24, 2.45) is 0 Å². The molecule has 0 aliphatic carbocycles. The Kier molecular flexibility index (Phi) is 6.06. The summed E-state index contributed by atoms with van der Waals surface area (Å²) in [5.41, 5.74) is 1.48. The first-order chi connectivity index (χ1) is 8.42. The first-order valence-electron chi connectivity index (χ1n) is 6.44. The molecule has 0 atom stereocenters. The van der Waals surface area contributed by atoms with E-state index in [2.05, 4.69) is 39.1 Å². The molecule has 1 heterocycles. The summed E-state index contributed by atoms with van der Waals surface area (Å²) >= 11 is 1.86. The molecule has 0 radical (unpaired) electrons. The van der Waals surface area contributed by atoms with E-state index in [1.807, 2.05) is 30.4 Å². The SMILES string of the molecule is C/C=C/COCc1cc(CNC(C)(C)C)sc1C. The molecule has 0 bridgehead atoms. The molecule has 3 heteroatoms. The third-order valence-electron chi connectivity index (χ3n) is 2.57. The molecule has 0 unspecified atom stereocenters. The molecule has 0 fully saturated rings. The lowest BCUT2D eigenvalue weighted by atomic mass is 10.1. The molecule has 0 aliphatic heterocycles. The number of aryl methyl sites for hydroxylation is 1. The van der Waals surface area contributed by atoms with Crippen LogP contribution in [0.2, 0.25) is 0 Å². The minimum absolute atomic E-state index is 0.167. The smallest absolute Gasteiger partial charge is 0.0731 e. The Morgan fingerprint density at radius 2 is 2.11 bits per heavy atom. The number of hydrogen-bond donors (Lipinski definition) is 1. The molecule has 102 valence electrons. The predicted molar refractivity (Wildman–Crippen MR) is 80.1 cm³/mol. The number of hydrogen-bond acceptors (Lipinski definition) is 3. The van der Waals surface area contributed by atoms with Gasteiger partial charge in [0.05, 0.1) is 13.2 Å². The van der Waals surface area contributed by atoms with Crippen LogP contribution in [0, 0.1) is 6.92 Å². The Bertz CT molecular complexity index is 388. The average Bonchev–Trinajstić information content (AvgIpc) is 2.62. The maximum Gasteiger partial charge on any atom is 0.0731 e. The van der Waals surface area contributed by atoms with Crippen molar-refractivity contribution in [3.8, 4) is 0 Å². The van der Waals surface area contributed by atoms with Gasteiger partial charge in [-0.3, -0.25) is 0 Å². The minimum Gasteiger partial charge on any atom is -0.373 e. The Balaban J connectivity index is 2.48. The van der Waals surface area contributed by atoms with E-state index in [9.17, 15) is 0 Å². The lowest BCUT2D eigenvalue weighted by Gasteiger charge is -2.19. The topological polar surface area (TPSA) is 21.3 Å². The molecular formula is C15H25NOS. The molecule has 18 heavy (non-hydrogen) atoms. The van der Waals surface area contributed by atoms with Crippen LogP contribution in [0.3, 0.4) is 0 Å². The van der Waals surface area contributed by atoms with Crippen LogP contribution >= 0.6 is 11.3 Å². The minimum atomic E-state index is 0.167. The van der Waals surface area contributed by atoms with Crippen molar-refractivity contribution in [1.29, 1.82) is 0 Å². The largest absolute Gasteiger partial charge is 0.373 e. The van der Waals surface area contributed by atoms with Gasteiger partial charge in [0.1, 0.15) is 0 Å². The third-order valence-corrected chi connectivity index (χ3v) is 3.66. The van der Waals surface area contributed by atoms with Gasteiger partial charge in [-0.1, -0.05) is 12.2 Å². The fourth-order valence-corrected chi connectivity index (χ4v) is 2.49. The van der Waals surface area contributed by atoms with Gasteiger partial charge in [0.2, 0.25) is 0 Å². The molecule has 1 aromatic heterocycles. The summed E-state index contributed by atoms with van der Waals surface area (Å²) in [7, 11) is 0. The van der Waals surface area contributed by atoms with E-state index < -0.39 is 0 Å². The van der Waals surface area contributed by atoms with Crippen LogP contribution in [-0.2, 0) is 17.9 Å². The Labute approximate surface area is 115 Å². The summed E-state index contributed by atoms with van der Waals surface area (Å²) in [5, 5.41) is 3.51. The molecule has 0 spiro atoms. The van der Waals surface area contributed by atoms with Gasteiger partial charge in [0.25, 0.3) is 0 Å². The van der Waals surface area contributed by atoms with Crippen LogP contribution in [0.5, 0.6) is 0 Å². The van der Waals surface area contributed by atoms with Gasteiger partial charge >= 0.3 is 0 Å². The van der Waals surface area contributed by atoms with E-state index >= 15 is 0 Å². The molecule has 1 N–H and O–H groups in total. The number of nitrogens with one attached hydrogen (secondary N) is 1. The van der Waals surface area contributed by atoms with Gasteiger partial charge in [-0.05, 0) is 46.2 Å². The second-order valence-corrected chi connectivity index (χ2v) is 6.82. The predicted octanol–water partition coefficient (Wildman–Crippen LogP) is 4.04. The van der Waals surface area contributed by atoms with Crippen molar-refractivity contribution in [2.75, 3.05) is 6.61 Å². The lowest BCUT2D eigenvalue weighted by molar-refractivity contribution is 0.148. The molecule has 0 aliphatic rings. The lowest BCUT2D eigenvalue weighted by Crippen LogP contribution is -2.34. The van der Waals surface area contributed by atoms with Crippen molar-refractivity contribution < 1.29 is 4.74 Å². The van der Waals surface area contributed by atoms with Gasteiger partial charge < -0.3 is 10.1 Å². The maximum atomic E-state index is 5.60. The second kappa shape index (κ2) is 7.07. The van der Waals surface area contributed by atoms with E-state index in [1.54, 1.807) is 0 Å². The van der Waals surface area contributed by atoms with Gasteiger partial charge in [-0.15, -0.1) is 11.3 Å². The highest BCUT2D eigenvalue weighted by atomic mass is 32.1. The van der Waals surface area contributed by atoms with Crippen molar-refractivity contribution in [1.82, 2.24) is 5.32 Å². The summed E-state index contributed by atoms with van der Waals surface area (Å²) in [6.45, 7) is 13.1. The summed E-state index contributed by atoms with van der Waals surface area (Å²) in [5.74, 6) is 0. The van der Waals surface area contributed by atoms with E-state index in [4.69, 9.17) is 4.74 Å². The zero-order valence-electron chi connectivity index (χ0n) is 12.2. The summed E-state index contributed by atoms with van der Waals surface area (Å²) in [6, 6.07) is 2.26. The zero-order valence-corrected chi connectivity index (χ0v) is 13.0. The quantitative estimate of drug-likeness (QED) is 0.620. The molecular weight excluding hydrogens is 242 g/mol. The first kappa shape index (κ1) is 15.4. The fraction of sp³-hybridized carbons (Fsp3) is 0.600. The standard InChI is InChI=1S/C15H25NOS/c1-6-7-8-17-11-13-9-14(18-12(13)2)10-16-15(3,4)5/h6-7,9,16H,8,10-11H2,1-5H3/b7-6+. The average molecular weight is 267 g/mol. The normalized spacial score (nSPS) is 12.5. The summed E-state index contributed by atoms with van der Waals surface area (Å²) in [4.78, 5) is 2.74. The molecule has 2 nitrogen and oxygen atoms in total. The highest BCUT2D eigenvalue weighted by Gasteiger charge is 2.11. The van der Waals surface area contributed by atoms with E-state index in [0.29, 0.717) is 13.2 Å². The maximum absolute atomic E-state index is 5.60. The van der Waals surface area contributed by atoms with Gasteiger partial charge in [0.15, 0.2) is 0 Å². The van der Waals surface area contributed by atoms with Gasteiger partial charge in [-0.25, -0.2) is 0 Å². The van der Waals surface area contributed by atoms with Crippen LogP contribution in [0.1, 0.15) is 43.0 Å². The molecule has 0 saturated carbocycles. The van der Waals surface area contributed by atoms with Gasteiger partial charge in [-0.2, -0.15) is 0 Å². The van der Waals surface area contributed by atoms with Crippen LogP contribution < -0.4 is 5.32 Å². The Morgan fingerprint density at radius 1 is 1.39 bits per heavy atom. The van der Waals surface area contributed by atoms with E-state index in [-0.39, 0.29) is 5.54 Å². The molecule has 1 aromatic rings. The van der Waals surface area contributed by atoms with Crippen LogP contribution in [0.25, 0.3) is 0 Å². The molecule has 0 aromatic carbocycles. The first-order valence-corrected chi connectivity index (χ1v) is 7.26. The molecule has 0 saturated heterocycles. The fourth-order valence-electron chi connectivity index (χ4n) is 1.50. The number of ether oxygens (including phenoxy) is 1. The Morgan fingerprint density at radius 3 is 2.72 bits per heavy atom. The summed E-state index contributed by atoms with van der Waals surface area (Å²) < 4.78 is 5.60. The van der Waals surface area contributed by atoms with Crippen LogP contribution in [0.15, 0.2) is 18.2 Å². The zero-order chi connectivity index (χ0) is 13.6. The van der Waals surface area contributed by atoms with Crippen LogP contribution in [-0.4, -0.2) is 12.1 Å². The highest BCUT2D eigenvalue weighted by molar-refractivity contribution is 7.12. The van der Waals surface area contributed by atoms with E-state index in [1.165, 1.54) is 15.3 Å². The van der Waals surface area contributed by atoms with E-state index in [0.717, 1.165) is 6.54 Å². The summed E-state index contributed by atoms with van der Waals surface area (Å²) in [6.07, 6.45) is 4.04. The molecule has 1 rings (SSSR count). The van der Waals surface area contributed by atoms with Crippen molar-refractivity contribution in [3.05, 3.63) is 33.5 Å². The number of thiophene rings is 1. The van der Waals surface area contributed by atoms with Gasteiger partial charge in [0, 0.05) is 21.8 Å². The van der Waals surface area contributed by atoms with Crippen molar-refractivity contribution >= 4 is 11.3 Å². The molecule has 0 amide bonds. The second-order valence-electron chi connectivity index (χ2n) is 5.48. The monoisotopic (exact) mass is 267 g/mol.